The first kappa shape index (κ1) is 42.3. The van der Waals surface area contributed by atoms with Crippen molar-refractivity contribution in [3.63, 3.8) is 0 Å². The van der Waals surface area contributed by atoms with Gasteiger partial charge in [0.1, 0.15) is 23.7 Å². The van der Waals surface area contributed by atoms with Crippen molar-refractivity contribution in [3.05, 3.63) is 89.3 Å². The zero-order valence-corrected chi connectivity index (χ0v) is 34.2. The number of benzene rings is 3. The molecule has 4 heterocycles. The summed E-state index contributed by atoms with van der Waals surface area (Å²) >= 11 is 6.33. The molecule has 0 aliphatic carbocycles. The zero-order valence-electron chi connectivity index (χ0n) is 33.4. The Labute approximate surface area is 353 Å². The maximum atomic E-state index is 14.4. The highest BCUT2D eigenvalue weighted by atomic mass is 35.5. The van der Waals surface area contributed by atoms with Crippen LogP contribution in [-0.2, 0) is 25.5 Å². The minimum atomic E-state index is -1.37. The zero-order chi connectivity index (χ0) is 43.6. The van der Waals surface area contributed by atoms with E-state index in [0.717, 1.165) is 4.57 Å². The summed E-state index contributed by atoms with van der Waals surface area (Å²) < 4.78 is 7.72. The molecule has 4 N–H and O–H groups in total. The van der Waals surface area contributed by atoms with Crippen LogP contribution in [0.3, 0.4) is 0 Å². The number of ether oxygens (including phenoxy) is 1. The van der Waals surface area contributed by atoms with E-state index in [2.05, 4.69) is 26.2 Å². The average molecular weight is 855 g/mol. The van der Waals surface area contributed by atoms with Gasteiger partial charge in [-0.15, -0.1) is 5.10 Å². The number of amides is 5. The van der Waals surface area contributed by atoms with E-state index < -0.39 is 41.4 Å². The van der Waals surface area contributed by atoms with E-state index >= 15 is 0 Å². The molecule has 1 unspecified atom stereocenters. The Balaban J connectivity index is 1.15. The van der Waals surface area contributed by atoms with Crippen LogP contribution in [0.15, 0.2) is 73.1 Å². The van der Waals surface area contributed by atoms with Gasteiger partial charge in [0.15, 0.2) is 0 Å². The standard InChI is InChI=1S/C41H43ClN10O9/c1-41(2,3)61-40(60)52-30-11-9-29(19-26(30)20-34(52)38(57)58)44-35(54)33(18-24-4-7-28(8-5-24)45-39(59)48-14-12-25(22-53)13-15-48)50-17-16-49(36(55)37(50)56)32-21-27(42)6-10-31(32)51-23-43-46-47-51/h4-11,19-21,23,25,33,53H,12-18,22H2,1-3H3,(H,44,54)(H,45,59)(H,57,58). The number of aliphatic hydroxyl groups is 1. The number of fused-ring (bicyclic) bond motifs is 1. The number of carbonyl (C=O) groups is 6. The van der Waals surface area contributed by atoms with Gasteiger partial charge in [0, 0.05) is 61.0 Å². The van der Waals surface area contributed by atoms with Gasteiger partial charge in [-0.1, -0.05) is 23.7 Å². The van der Waals surface area contributed by atoms with E-state index in [4.69, 9.17) is 16.3 Å². The number of halogens is 1. The number of carboxylic acid groups (broad SMARTS) is 1. The molecule has 5 amide bonds. The van der Waals surface area contributed by atoms with Crippen molar-refractivity contribution in [1.29, 1.82) is 0 Å². The number of piperazine rings is 1. The lowest BCUT2D eigenvalue weighted by Crippen LogP contribution is -2.60. The second-order valence-corrected chi connectivity index (χ2v) is 16.2. The van der Waals surface area contributed by atoms with E-state index in [1.54, 1.807) is 62.1 Å². The van der Waals surface area contributed by atoms with Gasteiger partial charge in [-0.3, -0.25) is 14.4 Å². The van der Waals surface area contributed by atoms with Gasteiger partial charge in [0.05, 0.1) is 16.9 Å². The first-order valence-electron chi connectivity index (χ1n) is 19.4. The summed E-state index contributed by atoms with van der Waals surface area (Å²) in [5.41, 5.74) is 0.980. The van der Waals surface area contributed by atoms with Crippen molar-refractivity contribution < 1.29 is 43.7 Å². The number of likely N-dealkylation sites (tertiary alicyclic amines) is 1. The van der Waals surface area contributed by atoms with Crippen LogP contribution < -0.4 is 15.5 Å². The maximum Gasteiger partial charge on any atom is 0.419 e. The van der Waals surface area contributed by atoms with Gasteiger partial charge in [-0.2, -0.15) is 4.68 Å². The molecule has 20 heteroatoms. The van der Waals surface area contributed by atoms with Crippen molar-refractivity contribution in [2.24, 2.45) is 5.92 Å². The number of anilines is 3. The molecule has 318 valence electrons. The minimum Gasteiger partial charge on any atom is -0.477 e. The van der Waals surface area contributed by atoms with Gasteiger partial charge in [0.2, 0.25) is 5.91 Å². The van der Waals surface area contributed by atoms with E-state index in [9.17, 15) is 39.0 Å². The summed E-state index contributed by atoms with van der Waals surface area (Å²) in [6.07, 6.45) is 1.81. The Morgan fingerprint density at radius 3 is 2.26 bits per heavy atom. The highest BCUT2D eigenvalue weighted by Gasteiger charge is 2.41. The van der Waals surface area contributed by atoms with Gasteiger partial charge in [-0.05, 0) is 110 Å². The first-order valence-corrected chi connectivity index (χ1v) is 19.8. The fraction of sp³-hybridized carbons (Fsp3) is 0.341. The first-order chi connectivity index (χ1) is 29.1. The Bertz CT molecular complexity index is 2490. The molecule has 0 saturated carbocycles. The number of carboxylic acids is 1. The van der Waals surface area contributed by atoms with Gasteiger partial charge in [-0.25, -0.2) is 19.0 Å². The normalized spacial score (nSPS) is 15.5. The van der Waals surface area contributed by atoms with Gasteiger partial charge >= 0.3 is 29.9 Å². The van der Waals surface area contributed by atoms with Crippen LogP contribution in [0.4, 0.5) is 26.7 Å². The van der Waals surface area contributed by atoms with Crippen molar-refractivity contribution in [1.82, 2.24) is 34.6 Å². The Kier molecular flexibility index (Phi) is 12.1. The fourth-order valence-corrected chi connectivity index (χ4v) is 7.51. The molecular formula is C41H43ClN10O9. The van der Waals surface area contributed by atoms with Crippen LogP contribution in [0.5, 0.6) is 0 Å². The second kappa shape index (κ2) is 17.4. The second-order valence-electron chi connectivity index (χ2n) is 15.7. The molecule has 19 nitrogen and oxygen atoms in total. The number of urea groups is 1. The largest absolute Gasteiger partial charge is 0.477 e. The Morgan fingerprint density at radius 1 is 0.885 bits per heavy atom. The van der Waals surface area contributed by atoms with Crippen LogP contribution >= 0.6 is 11.6 Å². The van der Waals surface area contributed by atoms with Crippen molar-refractivity contribution in [2.45, 2.75) is 51.7 Å². The number of hydrogen-bond acceptors (Lipinski definition) is 11. The summed E-state index contributed by atoms with van der Waals surface area (Å²) in [5.74, 6) is -3.73. The molecule has 2 aliphatic rings. The highest BCUT2D eigenvalue weighted by Crippen LogP contribution is 2.31. The lowest BCUT2D eigenvalue weighted by Gasteiger charge is -2.38. The summed E-state index contributed by atoms with van der Waals surface area (Å²) in [5, 5.41) is 36.9. The predicted molar refractivity (Wildman–Crippen MR) is 222 cm³/mol. The molecule has 3 aromatic carbocycles. The number of nitrogens with one attached hydrogen (secondary N) is 2. The fourth-order valence-electron chi connectivity index (χ4n) is 7.35. The van der Waals surface area contributed by atoms with E-state index in [0.29, 0.717) is 53.3 Å². The number of aliphatic hydroxyl groups excluding tert-OH is 1. The smallest absolute Gasteiger partial charge is 0.419 e. The third-order valence-corrected chi connectivity index (χ3v) is 10.7. The van der Waals surface area contributed by atoms with E-state index in [-0.39, 0.29) is 60.7 Å². The molecule has 0 radical (unpaired) electrons. The van der Waals surface area contributed by atoms with Crippen LogP contribution in [0.1, 0.15) is 49.7 Å². The van der Waals surface area contributed by atoms with Gasteiger partial charge < -0.3 is 40.3 Å². The summed E-state index contributed by atoms with van der Waals surface area (Å²) in [7, 11) is 0. The number of tetrazole rings is 1. The summed E-state index contributed by atoms with van der Waals surface area (Å²) in [6, 6.07) is 15.7. The molecule has 2 aromatic heterocycles. The number of aromatic carboxylic acids is 1. The number of aromatic nitrogens is 5. The predicted octanol–water partition coefficient (Wildman–Crippen LogP) is 4.41. The SMILES string of the molecule is CC(C)(C)OC(=O)n1c(C(=O)O)cc2cc(NC(=O)C(Cc3ccc(NC(=O)N4CCC(CO)CC4)cc3)N3CCN(c4cc(Cl)ccc4-n4cnnn4)C(=O)C3=O)ccc21. The highest BCUT2D eigenvalue weighted by molar-refractivity contribution is 6.41. The van der Waals surface area contributed by atoms with Crippen LogP contribution in [0.2, 0.25) is 5.02 Å². The van der Waals surface area contributed by atoms with Crippen LogP contribution in [0.25, 0.3) is 16.6 Å². The molecular weight excluding hydrogens is 812 g/mol. The molecule has 1 atom stereocenters. The van der Waals surface area contributed by atoms with Gasteiger partial charge in [0.25, 0.3) is 0 Å². The minimum absolute atomic E-state index is 0.0214. The molecule has 0 spiro atoms. The molecule has 61 heavy (non-hydrogen) atoms. The third-order valence-electron chi connectivity index (χ3n) is 10.4. The third kappa shape index (κ3) is 9.32. The van der Waals surface area contributed by atoms with Crippen LogP contribution in [-0.4, -0.2) is 125 Å². The summed E-state index contributed by atoms with van der Waals surface area (Å²) in [4.78, 5) is 84.8. The number of carbonyl (C=O) groups excluding carboxylic acids is 5. The lowest BCUT2D eigenvalue weighted by atomic mass is 9.98. The number of rotatable bonds is 10. The van der Waals surface area contributed by atoms with E-state index in [1.165, 1.54) is 51.1 Å². The number of hydrogen-bond donors (Lipinski definition) is 4. The molecule has 7 rings (SSSR count). The monoisotopic (exact) mass is 854 g/mol. The van der Waals surface area contributed by atoms with Crippen LogP contribution in [0, 0.1) is 5.92 Å². The molecule has 2 fully saturated rings. The van der Waals surface area contributed by atoms with E-state index in [1.807, 2.05) is 0 Å². The Hall–Kier alpha value is -6.86. The molecule has 2 saturated heterocycles. The Morgan fingerprint density at radius 2 is 1.61 bits per heavy atom. The number of piperidine rings is 1. The summed E-state index contributed by atoms with van der Waals surface area (Å²) in [6.45, 7) is 6.00. The molecule has 2 aliphatic heterocycles. The van der Waals surface area contributed by atoms with Crippen molar-refractivity contribution in [2.75, 3.05) is 48.3 Å². The average Bonchev–Trinajstić information content (AvgIpc) is 3.90. The number of nitrogens with zero attached hydrogens (tertiary/aromatic N) is 8. The quantitative estimate of drug-likeness (QED) is 0.143. The molecule has 5 aromatic rings. The van der Waals surface area contributed by atoms with Crippen molar-refractivity contribution in [3.8, 4) is 5.69 Å². The van der Waals surface area contributed by atoms with Crippen molar-refractivity contribution >= 4 is 75.4 Å². The lowest BCUT2D eigenvalue weighted by molar-refractivity contribution is -0.149. The maximum absolute atomic E-state index is 14.4. The molecule has 0 bridgehead atoms. The topological polar surface area (TPSA) is 234 Å².